The van der Waals surface area contributed by atoms with Crippen molar-refractivity contribution in [2.75, 3.05) is 4.72 Å². The molecule has 0 saturated carbocycles. The number of rotatable bonds is 7. The number of nitrogens with zero attached hydrogens (tertiary/aromatic N) is 2. The molecule has 1 aromatic heterocycles. The number of hydrogen-bond donors (Lipinski definition) is 1. The van der Waals surface area contributed by atoms with Crippen LogP contribution in [0.15, 0.2) is 71.6 Å². The molecule has 34 heavy (non-hydrogen) atoms. The lowest BCUT2D eigenvalue weighted by molar-refractivity contribution is 0.0388. The van der Waals surface area contributed by atoms with Crippen LogP contribution in [-0.4, -0.2) is 23.9 Å². The molecule has 0 radical (unpaired) electrons. The number of alkyl halides is 2. The van der Waals surface area contributed by atoms with E-state index in [4.69, 9.17) is 4.74 Å². The summed E-state index contributed by atoms with van der Waals surface area (Å²) >= 11 is 0. The summed E-state index contributed by atoms with van der Waals surface area (Å²) in [7, 11) is -4.16. The van der Waals surface area contributed by atoms with Gasteiger partial charge in [-0.25, -0.2) is 22.6 Å². The summed E-state index contributed by atoms with van der Waals surface area (Å²) in [5, 5.41) is 0. The Labute approximate surface area is 192 Å². The van der Waals surface area contributed by atoms with Crippen LogP contribution in [0.3, 0.4) is 0 Å². The molecule has 11 heteroatoms. The first-order chi connectivity index (χ1) is 16.2. The van der Waals surface area contributed by atoms with E-state index >= 15 is 0 Å². The van der Waals surface area contributed by atoms with Gasteiger partial charge in [0.1, 0.15) is 12.4 Å². The summed E-state index contributed by atoms with van der Waals surface area (Å²) in [6.07, 6.45) is 0. The van der Waals surface area contributed by atoms with Crippen LogP contribution >= 0.6 is 0 Å². The number of imidazole rings is 1. The molecule has 176 valence electrons. The van der Waals surface area contributed by atoms with Crippen molar-refractivity contribution in [2.45, 2.75) is 25.0 Å². The topological polar surface area (TPSA) is 90.3 Å². The smallest absolute Gasteiger partial charge is 0.340 e. The highest BCUT2D eigenvalue weighted by atomic mass is 32.2. The summed E-state index contributed by atoms with van der Waals surface area (Å²) in [5.74, 6) is -1.69. The number of halogens is 3. The molecule has 3 aromatic carbocycles. The van der Waals surface area contributed by atoms with E-state index in [1.807, 2.05) is 0 Å². The van der Waals surface area contributed by atoms with Crippen molar-refractivity contribution >= 4 is 32.7 Å². The van der Waals surface area contributed by atoms with Gasteiger partial charge in [0.25, 0.3) is 10.0 Å². The second-order valence-electron chi connectivity index (χ2n) is 7.30. The van der Waals surface area contributed by atoms with E-state index in [9.17, 15) is 26.4 Å². The number of esters is 1. The Bertz CT molecular complexity index is 1490. The molecule has 0 unspecified atom stereocenters. The van der Waals surface area contributed by atoms with E-state index in [2.05, 4.69) is 9.71 Å². The van der Waals surface area contributed by atoms with E-state index in [1.165, 1.54) is 37.3 Å². The maximum Gasteiger partial charge on any atom is 0.340 e. The van der Waals surface area contributed by atoms with Gasteiger partial charge in [-0.1, -0.05) is 24.3 Å². The monoisotopic (exact) mass is 489 g/mol. The Balaban J connectivity index is 1.58. The first-order valence-electron chi connectivity index (χ1n) is 9.96. The number of benzene rings is 3. The molecule has 0 aliphatic heterocycles. The third kappa shape index (κ3) is 4.60. The summed E-state index contributed by atoms with van der Waals surface area (Å²) in [5.41, 5.74) is 0.464. The Morgan fingerprint density at radius 2 is 1.79 bits per heavy atom. The fourth-order valence-electron chi connectivity index (χ4n) is 3.49. The highest BCUT2D eigenvalue weighted by molar-refractivity contribution is 7.92. The number of fused-ring (bicyclic) bond motifs is 1. The fourth-order valence-corrected chi connectivity index (χ4v) is 4.79. The summed E-state index contributed by atoms with van der Waals surface area (Å²) in [6.45, 7) is -2.03. The maximum absolute atomic E-state index is 13.6. The van der Waals surface area contributed by atoms with Crippen LogP contribution < -0.4 is 4.72 Å². The summed E-state index contributed by atoms with van der Waals surface area (Å²) < 4.78 is 74.4. The minimum absolute atomic E-state index is 0.0846. The average molecular weight is 489 g/mol. The number of hydrogen-bond acceptors (Lipinski definition) is 5. The maximum atomic E-state index is 13.6. The molecular formula is C23H18F3N3O4S. The van der Waals surface area contributed by atoms with Crippen molar-refractivity contribution in [3.8, 4) is 0 Å². The molecule has 0 amide bonds. The van der Waals surface area contributed by atoms with Crippen LogP contribution in [0.4, 0.5) is 18.9 Å². The zero-order chi connectivity index (χ0) is 24.5. The second-order valence-corrected chi connectivity index (χ2v) is 8.95. The Hall–Kier alpha value is -3.86. The third-order valence-corrected chi connectivity index (χ3v) is 6.54. The van der Waals surface area contributed by atoms with Crippen LogP contribution in [0.1, 0.15) is 28.3 Å². The average Bonchev–Trinajstić information content (AvgIpc) is 3.16. The van der Waals surface area contributed by atoms with Gasteiger partial charge in [-0.05, 0) is 55.0 Å². The molecule has 0 aliphatic rings. The summed E-state index contributed by atoms with van der Waals surface area (Å²) in [6, 6.07) is 15.1. The number of aromatic nitrogens is 2. The molecule has 7 nitrogen and oxygen atoms in total. The van der Waals surface area contributed by atoms with Gasteiger partial charge >= 0.3 is 12.5 Å². The van der Waals surface area contributed by atoms with Gasteiger partial charge in [0.2, 0.25) is 0 Å². The van der Waals surface area contributed by atoms with Gasteiger partial charge in [-0.15, -0.1) is 0 Å². The van der Waals surface area contributed by atoms with Gasteiger partial charge < -0.3 is 4.74 Å². The number of aryl methyl sites for hydroxylation is 1. The Morgan fingerprint density at radius 1 is 1.09 bits per heavy atom. The zero-order valence-electron chi connectivity index (χ0n) is 17.7. The molecule has 0 bridgehead atoms. The number of sulfonamides is 1. The molecule has 0 saturated heterocycles. The van der Waals surface area contributed by atoms with Crippen LogP contribution in [-0.2, 0) is 21.4 Å². The quantitative estimate of drug-likeness (QED) is 0.368. The van der Waals surface area contributed by atoms with Gasteiger partial charge in [0.15, 0.2) is 5.82 Å². The van der Waals surface area contributed by atoms with Crippen molar-refractivity contribution in [3.63, 3.8) is 0 Å². The lowest BCUT2D eigenvalue weighted by atomic mass is 10.2. The first kappa shape index (κ1) is 23.3. The number of anilines is 1. The number of ether oxygens (including phenoxy) is 1. The second kappa shape index (κ2) is 9.18. The van der Waals surface area contributed by atoms with E-state index in [1.54, 1.807) is 18.2 Å². The molecule has 0 fully saturated rings. The molecule has 1 N–H and O–H groups in total. The molecule has 4 aromatic rings. The lowest BCUT2D eigenvalue weighted by Crippen LogP contribution is -2.18. The van der Waals surface area contributed by atoms with Gasteiger partial charge in [0, 0.05) is 0 Å². The Morgan fingerprint density at radius 3 is 2.53 bits per heavy atom. The van der Waals surface area contributed by atoms with Crippen molar-refractivity contribution in [1.82, 2.24) is 9.55 Å². The van der Waals surface area contributed by atoms with Gasteiger partial charge in [-0.3, -0.25) is 9.29 Å². The van der Waals surface area contributed by atoms with Crippen molar-refractivity contribution in [2.24, 2.45) is 0 Å². The SMILES string of the molecule is Cc1cc(F)ccc1S(=O)(=O)Nc1ccccc1C(=O)OCc1nc2ccccc2n1C(F)F. The zero-order valence-corrected chi connectivity index (χ0v) is 18.5. The third-order valence-electron chi connectivity index (χ3n) is 5.01. The summed E-state index contributed by atoms with van der Waals surface area (Å²) in [4.78, 5) is 16.7. The number of carbonyl (C=O) groups is 1. The van der Waals surface area contributed by atoms with E-state index in [0.29, 0.717) is 10.1 Å². The molecular weight excluding hydrogens is 471 g/mol. The Kier molecular flexibility index (Phi) is 6.29. The molecule has 0 aliphatic carbocycles. The van der Waals surface area contributed by atoms with Crippen molar-refractivity contribution in [1.29, 1.82) is 0 Å². The highest BCUT2D eigenvalue weighted by Crippen LogP contribution is 2.26. The first-order valence-corrected chi connectivity index (χ1v) is 11.4. The molecule has 1 heterocycles. The molecule has 4 rings (SSSR count). The van der Waals surface area contributed by atoms with Crippen molar-refractivity contribution in [3.05, 3.63) is 89.5 Å². The van der Waals surface area contributed by atoms with Crippen molar-refractivity contribution < 1.29 is 31.1 Å². The van der Waals surface area contributed by atoms with Gasteiger partial charge in [0.05, 0.1) is 27.2 Å². The molecule has 0 atom stereocenters. The lowest BCUT2D eigenvalue weighted by Gasteiger charge is -2.14. The highest BCUT2D eigenvalue weighted by Gasteiger charge is 2.23. The van der Waals surface area contributed by atoms with Crippen LogP contribution in [0.5, 0.6) is 0 Å². The molecule has 0 spiro atoms. The largest absolute Gasteiger partial charge is 0.454 e. The van der Waals surface area contributed by atoms with Crippen LogP contribution in [0.25, 0.3) is 11.0 Å². The van der Waals surface area contributed by atoms with E-state index in [0.717, 1.165) is 18.2 Å². The minimum Gasteiger partial charge on any atom is -0.454 e. The minimum atomic E-state index is -4.16. The predicted octanol–water partition coefficient (Wildman–Crippen LogP) is 5.04. The number of para-hydroxylation sites is 3. The van der Waals surface area contributed by atoms with E-state index in [-0.39, 0.29) is 33.1 Å². The fraction of sp³-hybridized carbons (Fsp3) is 0.130. The number of carbonyl (C=O) groups excluding carboxylic acids is 1. The number of nitrogens with one attached hydrogen (secondary N) is 1. The standard InChI is InChI=1S/C23H18F3N3O4S/c1-14-12-15(24)10-11-20(14)34(31,32)28-17-7-3-2-6-16(17)22(30)33-13-21-27-18-8-4-5-9-19(18)29(21)23(25)26/h2-12,23,28H,13H2,1H3. The van der Waals surface area contributed by atoms with E-state index < -0.39 is 35.0 Å². The van der Waals surface area contributed by atoms with Gasteiger partial charge in [-0.2, -0.15) is 8.78 Å². The predicted molar refractivity (Wildman–Crippen MR) is 118 cm³/mol. The van der Waals surface area contributed by atoms with Crippen LogP contribution in [0.2, 0.25) is 0 Å². The normalized spacial score (nSPS) is 11.7. The van der Waals surface area contributed by atoms with Crippen LogP contribution in [0, 0.1) is 12.7 Å².